The Bertz CT molecular complexity index is 1230. The summed E-state index contributed by atoms with van der Waals surface area (Å²) in [5.74, 6) is -2.40. The van der Waals surface area contributed by atoms with E-state index in [2.05, 4.69) is 20.2 Å². The van der Waals surface area contributed by atoms with Gasteiger partial charge in [0.25, 0.3) is 5.91 Å². The Balaban J connectivity index is 1.67. The average molecular weight is 520 g/mol. The molecule has 1 fully saturated rings. The molecule has 2 aromatic heterocycles. The number of hydrogen-bond acceptors (Lipinski definition) is 9. The Labute approximate surface area is 210 Å². The first-order valence-electron chi connectivity index (χ1n) is 11.3. The van der Waals surface area contributed by atoms with E-state index in [0.717, 1.165) is 23.5 Å². The van der Waals surface area contributed by atoms with Crippen molar-refractivity contribution in [2.24, 2.45) is 5.73 Å². The molecule has 5 N–H and O–H groups in total. The zero-order valence-corrected chi connectivity index (χ0v) is 20.6. The maximum atomic E-state index is 14.9. The predicted molar refractivity (Wildman–Crippen MR) is 131 cm³/mol. The summed E-state index contributed by atoms with van der Waals surface area (Å²) in [5.41, 5.74) is 4.08. The largest absolute Gasteiger partial charge is 0.394 e. The van der Waals surface area contributed by atoms with Gasteiger partial charge >= 0.3 is 0 Å². The number of carbonyl (C=O) groups excluding carboxylic acids is 1. The van der Waals surface area contributed by atoms with Crippen LogP contribution in [0.3, 0.4) is 0 Å². The molecular weight excluding hydrogens is 492 g/mol. The van der Waals surface area contributed by atoms with E-state index in [9.17, 15) is 23.8 Å². The Kier molecular flexibility index (Phi) is 7.62. The van der Waals surface area contributed by atoms with E-state index in [1.807, 2.05) is 0 Å². The number of pyridine rings is 1. The Hall–Kier alpha value is -3.03. The van der Waals surface area contributed by atoms with E-state index in [1.54, 1.807) is 18.2 Å². The third-order valence-corrected chi connectivity index (χ3v) is 6.82. The number of morpholine rings is 1. The first-order chi connectivity index (χ1) is 17.1. The van der Waals surface area contributed by atoms with Gasteiger partial charge in [0.15, 0.2) is 5.69 Å². The number of carbonyl (C=O) groups is 1. The summed E-state index contributed by atoms with van der Waals surface area (Å²) in [6, 6.07) is 6.89. The molecule has 0 aliphatic carbocycles. The number of aromatic nitrogens is 2. The number of thiazole rings is 1. The molecule has 9 nitrogen and oxygen atoms in total. The summed E-state index contributed by atoms with van der Waals surface area (Å²) in [6.07, 6.45) is 0. The maximum Gasteiger partial charge on any atom is 0.270 e. The summed E-state index contributed by atoms with van der Waals surface area (Å²) in [5, 5.41) is 23.1. The lowest BCUT2D eigenvalue weighted by Gasteiger charge is -2.33. The third-order valence-electron chi connectivity index (χ3n) is 5.84. The normalized spacial score (nSPS) is 15.6. The van der Waals surface area contributed by atoms with Crippen LogP contribution >= 0.6 is 11.3 Å². The summed E-state index contributed by atoms with van der Waals surface area (Å²) in [6.45, 7) is 5.11. The number of nitrogens with two attached hydrogens (primary N) is 1. The topological polar surface area (TPSA) is 134 Å². The van der Waals surface area contributed by atoms with E-state index in [1.165, 1.54) is 13.8 Å². The zero-order valence-electron chi connectivity index (χ0n) is 19.8. The Morgan fingerprint density at radius 2 is 1.92 bits per heavy atom. The Morgan fingerprint density at radius 3 is 2.50 bits per heavy atom. The van der Waals surface area contributed by atoms with Gasteiger partial charge < -0.3 is 26.0 Å². The number of ether oxygens (including phenoxy) is 1. The second-order valence-corrected chi connectivity index (χ2v) is 9.85. The molecule has 3 aromatic rings. The lowest BCUT2D eigenvalue weighted by Crippen LogP contribution is -2.40. The third kappa shape index (κ3) is 5.52. The van der Waals surface area contributed by atoms with Crippen molar-refractivity contribution in [3.63, 3.8) is 0 Å². The smallest absolute Gasteiger partial charge is 0.270 e. The molecule has 0 spiro atoms. The standard InChI is InChI=1S/C24H27F2N5O4S/c1-24(2,34)13-10-14(25)19(15(26)11-13)22-30-20(21(27)33)23(36-22)29-18-5-3-4-16(28-18)17(12-32)31-6-8-35-9-7-31/h3-5,10-11,17,32,34H,6-9,12H2,1-2H3,(H2,27,33)(H,28,29). The monoisotopic (exact) mass is 519 g/mol. The van der Waals surface area contributed by atoms with Crippen LogP contribution in [0, 0.1) is 11.6 Å². The van der Waals surface area contributed by atoms with Gasteiger partial charge in [-0.05, 0) is 43.7 Å². The molecular formula is C24H27F2N5O4S. The minimum Gasteiger partial charge on any atom is -0.394 e. The highest BCUT2D eigenvalue weighted by Crippen LogP contribution is 2.38. The summed E-state index contributed by atoms with van der Waals surface area (Å²) < 4.78 is 35.1. The molecule has 0 bridgehead atoms. The molecule has 4 rings (SSSR count). The number of benzene rings is 1. The van der Waals surface area contributed by atoms with Gasteiger partial charge in [-0.1, -0.05) is 17.4 Å². The van der Waals surface area contributed by atoms with Gasteiger partial charge in [0.2, 0.25) is 0 Å². The van der Waals surface area contributed by atoms with Gasteiger partial charge in [-0.3, -0.25) is 9.69 Å². The summed E-state index contributed by atoms with van der Waals surface area (Å²) >= 11 is 0.844. The number of hydrogen-bond donors (Lipinski definition) is 4. The van der Waals surface area contributed by atoms with Crippen molar-refractivity contribution in [3.8, 4) is 10.6 Å². The van der Waals surface area contributed by atoms with E-state index in [0.29, 0.717) is 37.8 Å². The van der Waals surface area contributed by atoms with Gasteiger partial charge in [0.05, 0.1) is 42.7 Å². The van der Waals surface area contributed by atoms with Crippen molar-refractivity contribution in [1.82, 2.24) is 14.9 Å². The van der Waals surface area contributed by atoms with Gasteiger partial charge in [-0.2, -0.15) is 0 Å². The highest BCUT2D eigenvalue weighted by atomic mass is 32.1. The molecule has 192 valence electrons. The number of anilines is 2. The van der Waals surface area contributed by atoms with E-state index in [-0.39, 0.29) is 33.9 Å². The molecule has 12 heteroatoms. The Morgan fingerprint density at radius 1 is 1.25 bits per heavy atom. The fourth-order valence-corrected chi connectivity index (χ4v) is 4.94. The molecule has 1 aliphatic heterocycles. The zero-order chi connectivity index (χ0) is 26.0. The van der Waals surface area contributed by atoms with E-state index < -0.39 is 28.7 Å². The van der Waals surface area contributed by atoms with Crippen molar-refractivity contribution in [1.29, 1.82) is 0 Å². The number of rotatable bonds is 8. The predicted octanol–water partition coefficient (Wildman–Crippen LogP) is 2.92. The number of aliphatic hydroxyl groups is 2. The molecule has 3 heterocycles. The van der Waals surface area contributed by atoms with Crippen molar-refractivity contribution in [2.45, 2.75) is 25.5 Å². The minimum atomic E-state index is -1.45. The number of nitrogens with zero attached hydrogens (tertiary/aromatic N) is 3. The van der Waals surface area contributed by atoms with Crippen molar-refractivity contribution in [3.05, 3.63) is 58.9 Å². The van der Waals surface area contributed by atoms with Crippen LogP contribution in [-0.2, 0) is 10.3 Å². The summed E-state index contributed by atoms with van der Waals surface area (Å²) in [7, 11) is 0. The lowest BCUT2D eigenvalue weighted by atomic mass is 9.96. The maximum absolute atomic E-state index is 14.9. The van der Waals surface area contributed by atoms with E-state index in [4.69, 9.17) is 10.5 Å². The quantitative estimate of drug-likeness (QED) is 0.357. The van der Waals surface area contributed by atoms with Crippen molar-refractivity contribution >= 4 is 28.1 Å². The first-order valence-corrected chi connectivity index (χ1v) is 12.1. The fraction of sp³-hybridized carbons (Fsp3) is 0.375. The number of primary amides is 1. The molecule has 0 saturated carbocycles. The number of halogens is 2. The van der Waals surface area contributed by atoms with Crippen LogP contribution in [-0.4, -0.2) is 63.9 Å². The van der Waals surface area contributed by atoms with Crippen LogP contribution in [0.2, 0.25) is 0 Å². The minimum absolute atomic E-state index is 0.0611. The molecule has 1 aromatic carbocycles. The SMILES string of the molecule is CC(C)(O)c1cc(F)c(-c2nc(C(N)=O)c(Nc3cccc(C(CO)N4CCOCC4)n3)s2)c(F)c1. The van der Waals surface area contributed by atoms with Crippen molar-refractivity contribution in [2.75, 3.05) is 38.2 Å². The number of amides is 1. The fourth-order valence-electron chi connectivity index (χ4n) is 3.92. The molecule has 0 radical (unpaired) electrons. The second-order valence-electron chi connectivity index (χ2n) is 8.85. The highest BCUT2D eigenvalue weighted by molar-refractivity contribution is 7.19. The lowest BCUT2D eigenvalue weighted by molar-refractivity contribution is 0.00158. The van der Waals surface area contributed by atoms with Crippen molar-refractivity contribution < 1.29 is 28.5 Å². The van der Waals surface area contributed by atoms with Crippen LogP contribution in [0.15, 0.2) is 30.3 Å². The first kappa shape index (κ1) is 26.0. The van der Waals surface area contributed by atoms with Gasteiger partial charge in [-0.25, -0.2) is 18.7 Å². The van der Waals surface area contributed by atoms with Crippen LogP contribution in [0.1, 0.15) is 41.6 Å². The van der Waals surface area contributed by atoms with Crippen LogP contribution in [0.25, 0.3) is 10.6 Å². The molecule has 1 aliphatic rings. The van der Waals surface area contributed by atoms with E-state index >= 15 is 0 Å². The number of nitrogens with one attached hydrogen (secondary N) is 1. The van der Waals surface area contributed by atoms with Crippen LogP contribution < -0.4 is 11.1 Å². The molecule has 1 unspecified atom stereocenters. The summed E-state index contributed by atoms with van der Waals surface area (Å²) in [4.78, 5) is 22.8. The van der Waals surface area contributed by atoms with Gasteiger partial charge in [0.1, 0.15) is 27.5 Å². The number of aliphatic hydroxyl groups excluding tert-OH is 1. The molecule has 1 amide bonds. The van der Waals surface area contributed by atoms with Gasteiger partial charge in [-0.15, -0.1) is 0 Å². The van der Waals surface area contributed by atoms with Gasteiger partial charge in [0, 0.05) is 13.1 Å². The average Bonchev–Trinajstić information content (AvgIpc) is 3.23. The molecule has 36 heavy (non-hydrogen) atoms. The van der Waals surface area contributed by atoms with Crippen LogP contribution in [0.5, 0.6) is 0 Å². The van der Waals surface area contributed by atoms with Crippen LogP contribution in [0.4, 0.5) is 19.6 Å². The molecule has 1 atom stereocenters. The second kappa shape index (κ2) is 10.5. The molecule has 1 saturated heterocycles. The highest BCUT2D eigenvalue weighted by Gasteiger charge is 2.26.